The Morgan fingerprint density at radius 2 is 1.42 bits per heavy atom. The van der Waals surface area contributed by atoms with Crippen LogP contribution in [0.25, 0.3) is 0 Å². The molecule has 0 aliphatic heterocycles. The topological polar surface area (TPSA) is 35.5 Å². The van der Waals surface area contributed by atoms with Crippen molar-refractivity contribution in [2.45, 2.75) is 76.7 Å². The maximum Gasteiger partial charge on any atom is 0.509 e. The lowest BCUT2D eigenvalue weighted by molar-refractivity contribution is 0.0227. The van der Waals surface area contributed by atoms with E-state index < -0.39 is 6.16 Å². The van der Waals surface area contributed by atoms with E-state index >= 15 is 0 Å². The summed E-state index contributed by atoms with van der Waals surface area (Å²) in [5.74, 6) is 2.27. The molecule has 0 saturated heterocycles. The van der Waals surface area contributed by atoms with E-state index in [1.54, 1.807) is 0 Å². The van der Waals surface area contributed by atoms with Crippen LogP contribution in [0, 0.1) is 12.3 Å². The van der Waals surface area contributed by atoms with Gasteiger partial charge in [0.1, 0.15) is 6.10 Å². The Labute approximate surface area is 117 Å². The first-order chi connectivity index (χ1) is 9.33. The Kier molecular flexibility index (Phi) is 8.97. The normalized spacial score (nSPS) is 19.5. The van der Waals surface area contributed by atoms with Crippen molar-refractivity contribution in [2.75, 3.05) is 6.61 Å². The first-order valence-electron chi connectivity index (χ1n) is 7.60. The van der Waals surface area contributed by atoms with Crippen molar-refractivity contribution in [3.63, 3.8) is 0 Å². The first kappa shape index (κ1) is 15.9. The van der Waals surface area contributed by atoms with Crippen molar-refractivity contribution in [1.29, 1.82) is 0 Å². The average molecular weight is 266 g/mol. The zero-order valence-corrected chi connectivity index (χ0v) is 11.9. The van der Waals surface area contributed by atoms with Crippen LogP contribution in [0.1, 0.15) is 70.6 Å². The van der Waals surface area contributed by atoms with Gasteiger partial charge in [-0.05, 0) is 25.7 Å². The van der Waals surface area contributed by atoms with Gasteiger partial charge in [-0.3, -0.25) is 0 Å². The number of ether oxygens (including phenoxy) is 2. The van der Waals surface area contributed by atoms with Gasteiger partial charge in [0.2, 0.25) is 0 Å². The van der Waals surface area contributed by atoms with Gasteiger partial charge in [0.05, 0.1) is 0 Å². The number of rotatable bonds is 2. The monoisotopic (exact) mass is 266 g/mol. The fraction of sp³-hybridized carbons (Fsp3) is 0.812. The third-order valence-corrected chi connectivity index (χ3v) is 3.59. The summed E-state index contributed by atoms with van der Waals surface area (Å²) in [5.41, 5.74) is 0. The quantitative estimate of drug-likeness (QED) is 0.547. The molecule has 1 rings (SSSR count). The Balaban J connectivity index is 2.30. The van der Waals surface area contributed by atoms with Crippen LogP contribution in [-0.2, 0) is 9.47 Å². The smallest absolute Gasteiger partial charge is 0.431 e. The van der Waals surface area contributed by atoms with Gasteiger partial charge in [0.15, 0.2) is 6.61 Å². The van der Waals surface area contributed by atoms with Crippen LogP contribution < -0.4 is 0 Å². The molecule has 0 radical (unpaired) electrons. The van der Waals surface area contributed by atoms with Crippen LogP contribution in [0.3, 0.4) is 0 Å². The standard InChI is InChI=1S/C16H26O3/c1-2-14-18-16(17)19-15-12-10-8-6-4-3-5-7-9-11-13-15/h1,15H,3-14H2. The maximum absolute atomic E-state index is 11.4. The molecule has 1 saturated carbocycles. The zero-order valence-electron chi connectivity index (χ0n) is 11.9. The van der Waals surface area contributed by atoms with Crippen molar-refractivity contribution >= 4 is 6.16 Å². The van der Waals surface area contributed by atoms with E-state index in [-0.39, 0.29) is 12.7 Å². The van der Waals surface area contributed by atoms with E-state index in [2.05, 4.69) is 5.92 Å². The van der Waals surface area contributed by atoms with Gasteiger partial charge in [0, 0.05) is 0 Å². The highest BCUT2D eigenvalue weighted by molar-refractivity contribution is 5.60. The second-order valence-electron chi connectivity index (χ2n) is 5.24. The van der Waals surface area contributed by atoms with E-state index in [0.29, 0.717) is 0 Å². The highest BCUT2D eigenvalue weighted by Crippen LogP contribution is 2.19. The summed E-state index contributed by atoms with van der Waals surface area (Å²) >= 11 is 0. The molecule has 0 aromatic carbocycles. The maximum atomic E-state index is 11.4. The second kappa shape index (κ2) is 10.7. The lowest BCUT2D eigenvalue weighted by atomic mass is 9.99. The molecule has 0 aromatic rings. The van der Waals surface area contributed by atoms with Crippen molar-refractivity contribution < 1.29 is 14.3 Å². The van der Waals surface area contributed by atoms with Crippen molar-refractivity contribution in [3.8, 4) is 12.3 Å². The van der Waals surface area contributed by atoms with Gasteiger partial charge in [-0.1, -0.05) is 50.9 Å². The van der Waals surface area contributed by atoms with Crippen LogP contribution >= 0.6 is 0 Å². The predicted octanol–water partition coefficient (Wildman–Crippen LogP) is 4.45. The Morgan fingerprint density at radius 3 is 1.89 bits per heavy atom. The molecule has 0 unspecified atom stereocenters. The highest BCUT2D eigenvalue weighted by Gasteiger charge is 2.15. The Hall–Kier alpha value is -1.17. The summed E-state index contributed by atoms with van der Waals surface area (Å²) in [7, 11) is 0. The SMILES string of the molecule is C#CCOC(=O)OC1CCCCCCCCCCC1. The molecular weight excluding hydrogens is 240 g/mol. The molecule has 19 heavy (non-hydrogen) atoms. The number of terminal acetylenes is 1. The molecule has 1 aliphatic carbocycles. The minimum absolute atomic E-state index is 0.00435. The molecule has 3 heteroatoms. The van der Waals surface area contributed by atoms with E-state index in [0.717, 1.165) is 25.7 Å². The molecule has 0 atom stereocenters. The van der Waals surface area contributed by atoms with Crippen LogP contribution in [-0.4, -0.2) is 18.9 Å². The average Bonchev–Trinajstić information content (AvgIpc) is 2.39. The Bertz CT molecular complexity index is 268. The molecule has 108 valence electrons. The summed E-state index contributed by atoms with van der Waals surface area (Å²) in [6.45, 7) is -0.00838. The van der Waals surface area contributed by atoms with Gasteiger partial charge in [-0.2, -0.15) is 0 Å². The van der Waals surface area contributed by atoms with Crippen molar-refractivity contribution in [1.82, 2.24) is 0 Å². The van der Waals surface area contributed by atoms with E-state index in [4.69, 9.17) is 15.9 Å². The molecule has 3 nitrogen and oxygen atoms in total. The van der Waals surface area contributed by atoms with E-state index in [1.165, 1.54) is 44.9 Å². The molecule has 0 spiro atoms. The summed E-state index contributed by atoms with van der Waals surface area (Å²) in [6.07, 6.45) is 17.7. The summed E-state index contributed by atoms with van der Waals surface area (Å²) in [6, 6.07) is 0. The zero-order chi connectivity index (χ0) is 13.8. The lowest BCUT2D eigenvalue weighted by Crippen LogP contribution is -2.19. The minimum Gasteiger partial charge on any atom is -0.431 e. The van der Waals surface area contributed by atoms with Gasteiger partial charge in [0.25, 0.3) is 0 Å². The molecule has 0 N–H and O–H groups in total. The van der Waals surface area contributed by atoms with Crippen LogP contribution in [0.15, 0.2) is 0 Å². The van der Waals surface area contributed by atoms with Crippen molar-refractivity contribution in [3.05, 3.63) is 0 Å². The molecule has 0 bridgehead atoms. The van der Waals surface area contributed by atoms with Gasteiger partial charge < -0.3 is 9.47 Å². The number of carbonyl (C=O) groups is 1. The van der Waals surface area contributed by atoms with Crippen LogP contribution in [0.5, 0.6) is 0 Å². The largest absolute Gasteiger partial charge is 0.509 e. The van der Waals surface area contributed by atoms with Gasteiger partial charge in [-0.15, -0.1) is 6.42 Å². The van der Waals surface area contributed by atoms with Crippen molar-refractivity contribution in [2.24, 2.45) is 0 Å². The summed E-state index contributed by atoms with van der Waals surface area (Å²) in [5, 5.41) is 0. The number of carbonyl (C=O) groups excluding carboxylic acids is 1. The molecule has 1 fully saturated rings. The van der Waals surface area contributed by atoms with E-state index in [9.17, 15) is 4.79 Å². The lowest BCUT2D eigenvalue weighted by Gasteiger charge is -2.18. The highest BCUT2D eigenvalue weighted by atomic mass is 16.7. The summed E-state index contributed by atoms with van der Waals surface area (Å²) in [4.78, 5) is 11.4. The summed E-state index contributed by atoms with van der Waals surface area (Å²) < 4.78 is 10.1. The number of hydrogen-bond acceptors (Lipinski definition) is 3. The minimum atomic E-state index is -0.616. The molecule has 0 aromatic heterocycles. The molecule has 1 aliphatic rings. The van der Waals surface area contributed by atoms with Gasteiger partial charge in [-0.25, -0.2) is 4.79 Å². The van der Waals surface area contributed by atoms with Crippen LogP contribution in [0.2, 0.25) is 0 Å². The molecular formula is C16H26O3. The molecule has 0 heterocycles. The Morgan fingerprint density at radius 1 is 0.947 bits per heavy atom. The van der Waals surface area contributed by atoms with Crippen LogP contribution in [0.4, 0.5) is 4.79 Å². The van der Waals surface area contributed by atoms with Gasteiger partial charge >= 0.3 is 6.16 Å². The second-order valence-corrected chi connectivity index (χ2v) is 5.24. The number of hydrogen-bond donors (Lipinski definition) is 0. The predicted molar refractivity (Wildman–Crippen MR) is 75.8 cm³/mol. The molecule has 0 amide bonds. The third-order valence-electron chi connectivity index (χ3n) is 3.59. The van der Waals surface area contributed by atoms with E-state index in [1.807, 2.05) is 0 Å². The first-order valence-corrected chi connectivity index (χ1v) is 7.60. The fourth-order valence-electron chi connectivity index (χ4n) is 2.51. The third kappa shape index (κ3) is 8.53. The fourth-order valence-corrected chi connectivity index (χ4v) is 2.51.